The van der Waals surface area contributed by atoms with Gasteiger partial charge in [0.2, 0.25) is 0 Å². The topological polar surface area (TPSA) is 41.3 Å². The smallest absolute Gasteiger partial charge is 0.0893 e. The van der Waals surface area contributed by atoms with Gasteiger partial charge in [0.1, 0.15) is 0 Å². The van der Waals surface area contributed by atoms with Gasteiger partial charge in [-0.25, -0.2) is 5.01 Å². The first kappa shape index (κ1) is 14.3. The zero-order chi connectivity index (χ0) is 12.7. The van der Waals surface area contributed by atoms with Crippen LogP contribution in [0.1, 0.15) is 52.9 Å². The fourth-order valence-corrected chi connectivity index (χ4v) is 2.00. The minimum Gasteiger partial charge on any atom is -0.369 e. The van der Waals surface area contributed by atoms with Crippen molar-refractivity contribution in [2.24, 2.45) is 5.84 Å². The van der Waals surface area contributed by atoms with Crippen molar-refractivity contribution in [3.05, 3.63) is 23.4 Å². The molecule has 0 spiro atoms. The van der Waals surface area contributed by atoms with Crippen molar-refractivity contribution in [2.75, 3.05) is 6.54 Å². The Kier molecular flexibility index (Phi) is 6.30. The normalized spacial score (nSPS) is 17.0. The number of hydrogen-bond donors (Lipinski definition) is 2. The Balaban J connectivity index is 2.24. The number of unbranched alkanes of at least 4 members (excludes halogenated alkanes) is 3. The molecule has 0 radical (unpaired) electrons. The fraction of sp³-hybridized carbons (Fsp3) is 0.714. The van der Waals surface area contributed by atoms with E-state index >= 15 is 0 Å². The van der Waals surface area contributed by atoms with Crippen LogP contribution in [0, 0.1) is 0 Å². The van der Waals surface area contributed by atoms with E-state index in [0.717, 1.165) is 13.0 Å². The van der Waals surface area contributed by atoms with E-state index < -0.39 is 0 Å². The van der Waals surface area contributed by atoms with Crippen LogP contribution < -0.4 is 11.2 Å². The molecule has 0 aromatic carbocycles. The van der Waals surface area contributed by atoms with E-state index in [9.17, 15) is 0 Å². The summed E-state index contributed by atoms with van der Waals surface area (Å²) in [7, 11) is 0. The first-order valence-electron chi connectivity index (χ1n) is 6.79. The summed E-state index contributed by atoms with van der Waals surface area (Å²) in [5.41, 5.74) is 2.64. The summed E-state index contributed by atoms with van der Waals surface area (Å²) in [4.78, 5) is 0. The Labute approximate surface area is 106 Å². The summed E-state index contributed by atoms with van der Waals surface area (Å²) < 4.78 is 0. The Morgan fingerprint density at radius 1 is 1.41 bits per heavy atom. The number of allylic oxidation sites excluding steroid dienone is 3. The maximum absolute atomic E-state index is 6.05. The molecule has 3 heteroatoms. The lowest BCUT2D eigenvalue weighted by Crippen LogP contribution is -2.47. The minimum absolute atomic E-state index is 0.198. The Morgan fingerprint density at radius 3 is 2.76 bits per heavy atom. The molecule has 1 atom stereocenters. The van der Waals surface area contributed by atoms with E-state index in [1.807, 2.05) is 5.01 Å². The van der Waals surface area contributed by atoms with Gasteiger partial charge in [0, 0.05) is 12.2 Å². The standard InChI is InChI=1S/C14H27N3/c1-4-5-6-7-11-17(15)13(3)16-14-10-8-9-12(14)2/h8,10,13,16H,4-7,9,11,15H2,1-3H3. The maximum Gasteiger partial charge on any atom is 0.0893 e. The van der Waals surface area contributed by atoms with Crippen molar-refractivity contribution >= 4 is 0 Å². The molecule has 98 valence electrons. The molecule has 0 saturated carbocycles. The first-order valence-corrected chi connectivity index (χ1v) is 6.79. The van der Waals surface area contributed by atoms with Gasteiger partial charge in [-0.3, -0.25) is 5.84 Å². The first-order chi connectivity index (χ1) is 8.15. The summed E-state index contributed by atoms with van der Waals surface area (Å²) in [5.74, 6) is 6.05. The van der Waals surface area contributed by atoms with Crippen molar-refractivity contribution in [2.45, 2.75) is 59.0 Å². The van der Waals surface area contributed by atoms with Gasteiger partial charge in [0.05, 0.1) is 6.17 Å². The summed E-state index contributed by atoms with van der Waals surface area (Å²) in [6.07, 6.45) is 10.6. The molecule has 0 aromatic heterocycles. The molecular formula is C14H27N3. The molecule has 0 fully saturated rings. The number of nitrogens with one attached hydrogen (secondary N) is 1. The maximum atomic E-state index is 6.05. The summed E-state index contributed by atoms with van der Waals surface area (Å²) in [6, 6.07) is 0. The highest BCUT2D eigenvalue weighted by atomic mass is 15.5. The Hall–Kier alpha value is -0.800. The van der Waals surface area contributed by atoms with Crippen molar-refractivity contribution in [3.8, 4) is 0 Å². The summed E-state index contributed by atoms with van der Waals surface area (Å²) in [6.45, 7) is 7.47. The Morgan fingerprint density at radius 2 is 2.18 bits per heavy atom. The predicted octanol–water partition coefficient (Wildman–Crippen LogP) is 2.91. The van der Waals surface area contributed by atoms with E-state index in [-0.39, 0.29) is 6.17 Å². The van der Waals surface area contributed by atoms with Gasteiger partial charge >= 0.3 is 0 Å². The summed E-state index contributed by atoms with van der Waals surface area (Å²) in [5, 5.41) is 5.37. The summed E-state index contributed by atoms with van der Waals surface area (Å²) >= 11 is 0. The molecule has 1 aliphatic carbocycles. The largest absolute Gasteiger partial charge is 0.369 e. The van der Waals surface area contributed by atoms with Gasteiger partial charge in [-0.1, -0.05) is 32.3 Å². The van der Waals surface area contributed by atoms with Gasteiger partial charge in [0.15, 0.2) is 0 Å². The Bertz CT molecular complexity index is 281. The molecule has 0 aromatic rings. The van der Waals surface area contributed by atoms with Gasteiger partial charge in [-0.2, -0.15) is 0 Å². The lowest BCUT2D eigenvalue weighted by molar-refractivity contribution is 0.189. The molecule has 0 saturated heterocycles. The third-order valence-corrected chi connectivity index (χ3v) is 3.30. The van der Waals surface area contributed by atoms with Crippen LogP contribution in [0.25, 0.3) is 0 Å². The SMILES string of the molecule is CCCCCCN(N)C(C)NC1=C(C)CC=C1. The molecule has 0 heterocycles. The van der Waals surface area contributed by atoms with Crippen LogP contribution in [0.4, 0.5) is 0 Å². The van der Waals surface area contributed by atoms with Crippen molar-refractivity contribution in [1.82, 2.24) is 10.3 Å². The average Bonchev–Trinajstić information content (AvgIpc) is 2.70. The predicted molar refractivity (Wildman–Crippen MR) is 74.1 cm³/mol. The van der Waals surface area contributed by atoms with Gasteiger partial charge in [0.25, 0.3) is 0 Å². The highest BCUT2D eigenvalue weighted by Gasteiger charge is 2.12. The molecule has 0 bridgehead atoms. The second-order valence-electron chi connectivity index (χ2n) is 4.92. The number of hydrazine groups is 1. The number of hydrogen-bond acceptors (Lipinski definition) is 3. The van der Waals surface area contributed by atoms with Gasteiger partial charge in [-0.05, 0) is 38.3 Å². The molecule has 0 aliphatic heterocycles. The molecular weight excluding hydrogens is 210 g/mol. The highest BCUT2D eigenvalue weighted by molar-refractivity contribution is 5.31. The minimum atomic E-state index is 0.198. The molecule has 3 nitrogen and oxygen atoms in total. The van der Waals surface area contributed by atoms with Crippen LogP contribution in [-0.2, 0) is 0 Å². The number of rotatable bonds is 8. The number of nitrogens with two attached hydrogens (primary N) is 1. The molecule has 3 N–H and O–H groups in total. The third kappa shape index (κ3) is 4.92. The zero-order valence-electron chi connectivity index (χ0n) is 11.5. The van der Waals surface area contributed by atoms with Crippen LogP contribution in [0.3, 0.4) is 0 Å². The second-order valence-corrected chi connectivity index (χ2v) is 4.92. The monoisotopic (exact) mass is 237 g/mol. The molecule has 1 unspecified atom stereocenters. The lowest BCUT2D eigenvalue weighted by atomic mass is 10.2. The second kappa shape index (κ2) is 7.51. The lowest BCUT2D eigenvalue weighted by Gasteiger charge is -2.26. The van der Waals surface area contributed by atoms with E-state index in [2.05, 4.69) is 38.2 Å². The molecule has 17 heavy (non-hydrogen) atoms. The van der Waals surface area contributed by atoms with Gasteiger partial charge in [-0.15, -0.1) is 0 Å². The van der Waals surface area contributed by atoms with Crippen LogP contribution in [-0.4, -0.2) is 17.7 Å². The van der Waals surface area contributed by atoms with Crippen LogP contribution in [0.2, 0.25) is 0 Å². The van der Waals surface area contributed by atoms with E-state index in [1.165, 1.54) is 37.0 Å². The van der Waals surface area contributed by atoms with E-state index in [4.69, 9.17) is 5.84 Å². The van der Waals surface area contributed by atoms with Crippen molar-refractivity contribution in [1.29, 1.82) is 0 Å². The fourth-order valence-electron chi connectivity index (χ4n) is 2.00. The molecule has 0 amide bonds. The van der Waals surface area contributed by atoms with Crippen LogP contribution in [0.15, 0.2) is 23.4 Å². The average molecular weight is 237 g/mol. The highest BCUT2D eigenvalue weighted by Crippen LogP contribution is 2.16. The third-order valence-electron chi connectivity index (χ3n) is 3.30. The van der Waals surface area contributed by atoms with E-state index in [1.54, 1.807) is 0 Å². The quantitative estimate of drug-likeness (QED) is 0.295. The zero-order valence-corrected chi connectivity index (χ0v) is 11.5. The van der Waals surface area contributed by atoms with Crippen LogP contribution in [0.5, 0.6) is 0 Å². The molecule has 1 rings (SSSR count). The van der Waals surface area contributed by atoms with Crippen molar-refractivity contribution < 1.29 is 0 Å². The van der Waals surface area contributed by atoms with Gasteiger partial charge < -0.3 is 5.32 Å². The molecule has 1 aliphatic rings. The van der Waals surface area contributed by atoms with E-state index in [0.29, 0.717) is 0 Å². The van der Waals surface area contributed by atoms with Crippen molar-refractivity contribution in [3.63, 3.8) is 0 Å². The van der Waals surface area contributed by atoms with Crippen LogP contribution >= 0.6 is 0 Å². The number of nitrogens with zero attached hydrogens (tertiary/aromatic N) is 1.